The number of aliphatic carboxylic acids is 2. The predicted octanol–water partition coefficient (Wildman–Crippen LogP) is 1.28. The first kappa shape index (κ1) is 16.3. The largest absolute Gasteiger partial charge is 0.481 e. The average molecular weight is 219 g/mol. The Morgan fingerprint density at radius 2 is 1.13 bits per heavy atom. The smallest absolute Gasteiger partial charge is 0.303 e. The third-order valence-electron chi connectivity index (χ3n) is 1.28. The molecule has 0 amide bonds. The highest BCUT2D eigenvalue weighted by atomic mass is 16.4. The Hall–Kier alpha value is -1.10. The maximum atomic E-state index is 9.98. The van der Waals surface area contributed by atoms with Crippen LogP contribution in [-0.4, -0.2) is 48.2 Å². The molecule has 0 radical (unpaired) electrons. The molecule has 0 saturated heterocycles. The van der Waals surface area contributed by atoms with Crippen molar-refractivity contribution in [3.63, 3.8) is 0 Å². The topological polar surface area (TPSA) is 77.8 Å². The van der Waals surface area contributed by atoms with E-state index in [0.717, 1.165) is 0 Å². The Morgan fingerprint density at radius 3 is 1.33 bits per heavy atom. The first-order valence-electron chi connectivity index (χ1n) is 4.90. The second kappa shape index (κ2) is 11.0. The molecule has 0 rings (SSSR count). The minimum Gasteiger partial charge on any atom is -0.481 e. The number of carboxylic acids is 2. The number of nitrogens with zero attached hydrogens (tertiary/aromatic N) is 1. The summed E-state index contributed by atoms with van der Waals surface area (Å²) in [7, 11) is 6.00. The van der Waals surface area contributed by atoms with E-state index in [2.05, 4.69) is 0 Å². The monoisotopic (exact) mass is 219 g/mol. The molecule has 0 atom stereocenters. The molecule has 0 aromatic carbocycles. The molecule has 0 fully saturated rings. The summed E-state index contributed by atoms with van der Waals surface area (Å²) in [6, 6.07) is 0. The van der Waals surface area contributed by atoms with Gasteiger partial charge in [0.2, 0.25) is 0 Å². The van der Waals surface area contributed by atoms with E-state index in [1.165, 1.54) is 0 Å². The van der Waals surface area contributed by atoms with Gasteiger partial charge in [0.1, 0.15) is 0 Å². The SMILES string of the molecule is CN(C)C.O=C(O)CCCCCC(=O)O. The number of hydrogen-bond donors (Lipinski definition) is 2. The van der Waals surface area contributed by atoms with E-state index in [4.69, 9.17) is 10.2 Å². The molecule has 5 heteroatoms. The summed E-state index contributed by atoms with van der Waals surface area (Å²) < 4.78 is 0. The van der Waals surface area contributed by atoms with Crippen LogP contribution < -0.4 is 0 Å². The van der Waals surface area contributed by atoms with Crippen molar-refractivity contribution < 1.29 is 19.8 Å². The lowest BCUT2D eigenvalue weighted by Gasteiger charge is -1.94. The highest BCUT2D eigenvalue weighted by Crippen LogP contribution is 2.02. The summed E-state index contributed by atoms with van der Waals surface area (Å²) >= 11 is 0. The van der Waals surface area contributed by atoms with Gasteiger partial charge in [-0.3, -0.25) is 9.59 Å². The summed E-state index contributed by atoms with van der Waals surface area (Å²) in [5, 5.41) is 16.4. The minimum absolute atomic E-state index is 0.139. The number of hydrogen-bond acceptors (Lipinski definition) is 3. The lowest BCUT2D eigenvalue weighted by molar-refractivity contribution is -0.137. The van der Waals surface area contributed by atoms with Gasteiger partial charge in [0.15, 0.2) is 0 Å². The average Bonchev–Trinajstić information content (AvgIpc) is 2.01. The minimum atomic E-state index is -0.819. The van der Waals surface area contributed by atoms with Gasteiger partial charge in [0, 0.05) is 12.8 Å². The van der Waals surface area contributed by atoms with Crippen LogP contribution in [0.25, 0.3) is 0 Å². The lowest BCUT2D eigenvalue weighted by Crippen LogP contribution is -1.99. The van der Waals surface area contributed by atoms with Crippen molar-refractivity contribution in [1.82, 2.24) is 4.90 Å². The Labute approximate surface area is 90.7 Å². The van der Waals surface area contributed by atoms with E-state index in [9.17, 15) is 9.59 Å². The zero-order valence-electron chi connectivity index (χ0n) is 9.69. The Bertz CT molecular complexity index is 162. The standard InChI is InChI=1S/C7H12O4.C3H9N/c8-6(9)4-2-1-3-5-7(10)11;1-4(2)3/h1-5H2,(H,8,9)(H,10,11);1-3H3. The quantitative estimate of drug-likeness (QED) is 0.658. The summed E-state index contributed by atoms with van der Waals surface area (Å²) in [4.78, 5) is 22.0. The van der Waals surface area contributed by atoms with Crippen molar-refractivity contribution >= 4 is 11.9 Å². The number of carboxylic acid groups (broad SMARTS) is 2. The van der Waals surface area contributed by atoms with Gasteiger partial charge < -0.3 is 15.1 Å². The van der Waals surface area contributed by atoms with E-state index in [1.54, 1.807) is 0 Å². The third-order valence-corrected chi connectivity index (χ3v) is 1.28. The Kier molecular flexibility index (Phi) is 12.0. The highest BCUT2D eigenvalue weighted by molar-refractivity contribution is 5.67. The second-order valence-electron chi connectivity index (χ2n) is 3.69. The van der Waals surface area contributed by atoms with Crippen molar-refractivity contribution in [1.29, 1.82) is 0 Å². The first-order valence-corrected chi connectivity index (χ1v) is 4.90. The van der Waals surface area contributed by atoms with E-state index in [-0.39, 0.29) is 12.8 Å². The van der Waals surface area contributed by atoms with Crippen molar-refractivity contribution in [3.05, 3.63) is 0 Å². The van der Waals surface area contributed by atoms with Crippen LogP contribution >= 0.6 is 0 Å². The maximum Gasteiger partial charge on any atom is 0.303 e. The molecule has 0 aromatic heterocycles. The molecule has 90 valence electrons. The molecule has 0 spiro atoms. The van der Waals surface area contributed by atoms with Crippen LogP contribution in [0, 0.1) is 0 Å². The normalized spacial score (nSPS) is 9.33. The fraction of sp³-hybridized carbons (Fsp3) is 0.800. The van der Waals surface area contributed by atoms with Crippen LogP contribution in [0.4, 0.5) is 0 Å². The van der Waals surface area contributed by atoms with Gasteiger partial charge in [0.05, 0.1) is 0 Å². The molecular weight excluding hydrogens is 198 g/mol. The van der Waals surface area contributed by atoms with Gasteiger partial charge in [-0.15, -0.1) is 0 Å². The summed E-state index contributed by atoms with van der Waals surface area (Å²) in [5.41, 5.74) is 0. The van der Waals surface area contributed by atoms with Crippen molar-refractivity contribution in [2.24, 2.45) is 0 Å². The number of unbranched alkanes of at least 4 members (excludes halogenated alkanes) is 2. The molecule has 0 heterocycles. The molecule has 0 aliphatic rings. The molecule has 5 nitrogen and oxygen atoms in total. The molecule has 2 N–H and O–H groups in total. The third kappa shape index (κ3) is 32.2. The maximum absolute atomic E-state index is 9.98. The van der Waals surface area contributed by atoms with Crippen molar-refractivity contribution in [2.75, 3.05) is 21.1 Å². The molecule has 0 saturated carbocycles. The van der Waals surface area contributed by atoms with E-state index in [1.807, 2.05) is 26.0 Å². The van der Waals surface area contributed by atoms with Gasteiger partial charge in [-0.05, 0) is 34.0 Å². The molecule has 15 heavy (non-hydrogen) atoms. The van der Waals surface area contributed by atoms with Crippen LogP contribution in [0.1, 0.15) is 32.1 Å². The number of carbonyl (C=O) groups is 2. The van der Waals surface area contributed by atoms with Crippen LogP contribution in [0.5, 0.6) is 0 Å². The second-order valence-corrected chi connectivity index (χ2v) is 3.69. The highest BCUT2D eigenvalue weighted by Gasteiger charge is 1.98. The Balaban J connectivity index is 0. The molecule has 0 aliphatic carbocycles. The molecule has 0 aliphatic heterocycles. The molecular formula is C10H21NO4. The van der Waals surface area contributed by atoms with E-state index >= 15 is 0 Å². The Morgan fingerprint density at radius 1 is 0.867 bits per heavy atom. The van der Waals surface area contributed by atoms with Gasteiger partial charge in [-0.25, -0.2) is 0 Å². The van der Waals surface area contributed by atoms with E-state index < -0.39 is 11.9 Å². The zero-order chi connectivity index (χ0) is 12.3. The predicted molar refractivity (Wildman–Crippen MR) is 58.0 cm³/mol. The molecule has 0 bridgehead atoms. The fourth-order valence-electron chi connectivity index (χ4n) is 0.729. The van der Waals surface area contributed by atoms with E-state index in [0.29, 0.717) is 19.3 Å². The number of rotatable bonds is 6. The molecule has 0 aromatic rings. The molecule has 0 unspecified atom stereocenters. The fourth-order valence-corrected chi connectivity index (χ4v) is 0.729. The van der Waals surface area contributed by atoms with Gasteiger partial charge in [-0.2, -0.15) is 0 Å². The van der Waals surface area contributed by atoms with Crippen LogP contribution in [0.15, 0.2) is 0 Å². The van der Waals surface area contributed by atoms with Crippen molar-refractivity contribution in [3.8, 4) is 0 Å². The van der Waals surface area contributed by atoms with Gasteiger partial charge in [0.25, 0.3) is 0 Å². The van der Waals surface area contributed by atoms with Crippen LogP contribution in [0.3, 0.4) is 0 Å². The lowest BCUT2D eigenvalue weighted by atomic mass is 10.1. The van der Waals surface area contributed by atoms with Crippen LogP contribution in [-0.2, 0) is 9.59 Å². The summed E-state index contributed by atoms with van der Waals surface area (Å²) in [6.45, 7) is 0. The summed E-state index contributed by atoms with van der Waals surface area (Å²) in [6.07, 6.45) is 2.10. The van der Waals surface area contributed by atoms with Gasteiger partial charge in [-0.1, -0.05) is 6.42 Å². The van der Waals surface area contributed by atoms with Gasteiger partial charge >= 0.3 is 11.9 Å². The first-order chi connectivity index (χ1) is 6.86. The van der Waals surface area contributed by atoms with Crippen molar-refractivity contribution in [2.45, 2.75) is 32.1 Å². The van der Waals surface area contributed by atoms with Crippen LogP contribution in [0.2, 0.25) is 0 Å². The summed E-state index contributed by atoms with van der Waals surface area (Å²) in [5.74, 6) is -1.64. The zero-order valence-corrected chi connectivity index (χ0v) is 9.69.